The summed E-state index contributed by atoms with van der Waals surface area (Å²) >= 11 is 0. The molecule has 0 spiro atoms. The Bertz CT molecular complexity index is 384. The van der Waals surface area contributed by atoms with Crippen LogP contribution in [0.5, 0.6) is 0 Å². The van der Waals surface area contributed by atoms with Crippen molar-refractivity contribution >= 4 is 10.8 Å². The maximum absolute atomic E-state index is 13.2. The van der Waals surface area contributed by atoms with Gasteiger partial charge in [0.05, 0.1) is 0 Å². The predicted molar refractivity (Wildman–Crippen MR) is 61.6 cm³/mol. The van der Waals surface area contributed by atoms with Crippen molar-refractivity contribution in [2.75, 3.05) is 12.0 Å². The fourth-order valence-corrected chi connectivity index (χ4v) is 2.20. The lowest BCUT2D eigenvalue weighted by Crippen LogP contribution is -2.30. The lowest BCUT2D eigenvalue weighted by atomic mass is 10.2. The normalized spacial score (nSPS) is 14.8. The summed E-state index contributed by atoms with van der Waals surface area (Å²) in [5.41, 5.74) is 0.286. The summed E-state index contributed by atoms with van der Waals surface area (Å²) in [6.45, 7) is 2.10. The molecule has 0 aliphatic heterocycles. The summed E-state index contributed by atoms with van der Waals surface area (Å²) in [6.07, 6.45) is 1.61. The number of nitrogens with one attached hydrogen (secondary N) is 1. The van der Waals surface area contributed by atoms with E-state index in [1.807, 2.05) is 6.92 Å². The van der Waals surface area contributed by atoms with Crippen LogP contribution in [0.4, 0.5) is 8.78 Å². The van der Waals surface area contributed by atoms with Crippen molar-refractivity contribution in [2.45, 2.75) is 19.5 Å². The first-order valence-corrected chi connectivity index (χ1v) is 6.69. The van der Waals surface area contributed by atoms with Crippen LogP contribution in [0.15, 0.2) is 18.2 Å². The molecule has 1 N–H and O–H groups in total. The van der Waals surface area contributed by atoms with E-state index in [0.29, 0.717) is 5.75 Å². The van der Waals surface area contributed by atoms with E-state index in [9.17, 15) is 13.0 Å². The second-order valence-corrected chi connectivity index (χ2v) is 5.24. The zero-order valence-corrected chi connectivity index (χ0v) is 10.1. The molecular weight excluding hydrogens is 232 g/mol. The highest BCUT2D eigenvalue weighted by molar-refractivity contribution is 7.84. The maximum Gasteiger partial charge on any atom is 0.127 e. The molecule has 0 fully saturated rings. The van der Waals surface area contributed by atoms with Crippen molar-refractivity contribution in [2.24, 2.45) is 0 Å². The Balaban J connectivity index is 2.54. The van der Waals surface area contributed by atoms with Gasteiger partial charge in [-0.05, 0) is 25.1 Å². The zero-order chi connectivity index (χ0) is 12.1. The average molecular weight is 247 g/mol. The molecule has 0 aromatic heterocycles. The molecule has 0 aliphatic rings. The molecule has 0 amide bonds. The Kier molecular flexibility index (Phi) is 5.02. The van der Waals surface area contributed by atoms with Gasteiger partial charge in [0.2, 0.25) is 0 Å². The van der Waals surface area contributed by atoms with E-state index < -0.39 is 22.4 Å². The number of hydrogen-bond acceptors (Lipinski definition) is 2. The van der Waals surface area contributed by atoms with Gasteiger partial charge in [-0.15, -0.1) is 0 Å². The summed E-state index contributed by atoms with van der Waals surface area (Å²) in [6, 6.07) is 3.37. The van der Waals surface area contributed by atoms with Crippen LogP contribution in [0.3, 0.4) is 0 Å². The predicted octanol–water partition coefficient (Wildman–Crippen LogP) is 1.82. The molecule has 90 valence electrons. The first kappa shape index (κ1) is 13.3. The fourth-order valence-electron chi connectivity index (χ4n) is 1.37. The van der Waals surface area contributed by atoms with Crippen molar-refractivity contribution in [3.8, 4) is 0 Å². The minimum atomic E-state index is -0.894. The highest BCUT2D eigenvalue weighted by atomic mass is 32.2. The van der Waals surface area contributed by atoms with Gasteiger partial charge in [0.1, 0.15) is 11.6 Å². The summed E-state index contributed by atoms with van der Waals surface area (Å²) in [4.78, 5) is 0. The SMILES string of the molecule is CC(CS(C)=O)NCc1cc(F)ccc1F. The van der Waals surface area contributed by atoms with Gasteiger partial charge in [-0.1, -0.05) is 0 Å². The van der Waals surface area contributed by atoms with Gasteiger partial charge in [0, 0.05) is 41.0 Å². The fraction of sp³-hybridized carbons (Fsp3) is 0.455. The molecule has 1 aromatic rings. The Morgan fingerprint density at radius 3 is 2.75 bits per heavy atom. The number of benzene rings is 1. The first-order chi connectivity index (χ1) is 7.49. The Morgan fingerprint density at radius 2 is 2.12 bits per heavy atom. The van der Waals surface area contributed by atoms with E-state index in [0.717, 1.165) is 18.2 Å². The maximum atomic E-state index is 13.2. The summed E-state index contributed by atoms with van der Waals surface area (Å²) in [5.74, 6) is -0.389. The van der Waals surface area contributed by atoms with E-state index in [1.54, 1.807) is 6.26 Å². The van der Waals surface area contributed by atoms with Crippen LogP contribution in [-0.2, 0) is 17.3 Å². The standard InChI is InChI=1S/C11H15F2NOS/c1-8(7-16(2)15)14-6-9-5-10(12)3-4-11(9)13/h3-5,8,14H,6-7H2,1-2H3. The Hall–Kier alpha value is -0.810. The molecule has 0 heterocycles. The molecule has 0 aliphatic carbocycles. The van der Waals surface area contributed by atoms with Gasteiger partial charge in [0.25, 0.3) is 0 Å². The zero-order valence-electron chi connectivity index (χ0n) is 9.30. The van der Waals surface area contributed by atoms with Crippen LogP contribution in [-0.4, -0.2) is 22.3 Å². The van der Waals surface area contributed by atoms with Crippen molar-refractivity contribution in [1.82, 2.24) is 5.32 Å². The highest BCUT2D eigenvalue weighted by Gasteiger charge is 2.07. The van der Waals surface area contributed by atoms with E-state index in [-0.39, 0.29) is 18.2 Å². The lowest BCUT2D eigenvalue weighted by molar-refractivity contribution is 0.543. The lowest BCUT2D eigenvalue weighted by Gasteiger charge is -2.12. The minimum absolute atomic E-state index is 0.00787. The van der Waals surface area contributed by atoms with Crippen LogP contribution in [0, 0.1) is 11.6 Å². The molecule has 0 bridgehead atoms. The van der Waals surface area contributed by atoms with Crippen LogP contribution >= 0.6 is 0 Å². The molecule has 0 radical (unpaired) electrons. The molecule has 16 heavy (non-hydrogen) atoms. The minimum Gasteiger partial charge on any atom is -0.309 e. The third kappa shape index (κ3) is 4.37. The van der Waals surface area contributed by atoms with Crippen molar-refractivity contribution in [1.29, 1.82) is 0 Å². The molecule has 2 nitrogen and oxygen atoms in total. The molecule has 2 unspecified atom stereocenters. The monoisotopic (exact) mass is 247 g/mol. The largest absolute Gasteiger partial charge is 0.309 e. The summed E-state index contributed by atoms with van der Waals surface area (Å²) in [7, 11) is -0.894. The number of hydrogen-bond donors (Lipinski definition) is 1. The van der Waals surface area contributed by atoms with Crippen LogP contribution in [0.25, 0.3) is 0 Å². The number of rotatable bonds is 5. The van der Waals surface area contributed by atoms with Crippen molar-refractivity contribution in [3.63, 3.8) is 0 Å². The van der Waals surface area contributed by atoms with E-state index in [2.05, 4.69) is 5.32 Å². The van der Waals surface area contributed by atoms with Gasteiger partial charge in [-0.3, -0.25) is 4.21 Å². The van der Waals surface area contributed by atoms with Crippen molar-refractivity contribution in [3.05, 3.63) is 35.4 Å². The van der Waals surface area contributed by atoms with E-state index in [4.69, 9.17) is 0 Å². The topological polar surface area (TPSA) is 29.1 Å². The second kappa shape index (κ2) is 6.06. The average Bonchev–Trinajstić information content (AvgIpc) is 2.18. The van der Waals surface area contributed by atoms with Crippen LogP contribution in [0.1, 0.15) is 12.5 Å². The van der Waals surface area contributed by atoms with Crippen LogP contribution in [0.2, 0.25) is 0 Å². The molecule has 1 rings (SSSR count). The first-order valence-electron chi connectivity index (χ1n) is 4.96. The van der Waals surface area contributed by atoms with Gasteiger partial charge >= 0.3 is 0 Å². The van der Waals surface area contributed by atoms with Gasteiger partial charge in [-0.25, -0.2) is 8.78 Å². The van der Waals surface area contributed by atoms with E-state index in [1.165, 1.54) is 0 Å². The van der Waals surface area contributed by atoms with Gasteiger partial charge < -0.3 is 5.32 Å². The Labute approximate surface area is 96.5 Å². The summed E-state index contributed by atoms with van der Waals surface area (Å²) in [5, 5.41) is 3.00. The summed E-state index contributed by atoms with van der Waals surface area (Å²) < 4.78 is 37.0. The Morgan fingerprint density at radius 1 is 1.44 bits per heavy atom. The van der Waals surface area contributed by atoms with Crippen LogP contribution < -0.4 is 5.32 Å². The third-order valence-electron chi connectivity index (χ3n) is 2.13. The molecular formula is C11H15F2NOS. The molecule has 0 saturated heterocycles. The molecule has 5 heteroatoms. The van der Waals surface area contributed by atoms with Gasteiger partial charge in [-0.2, -0.15) is 0 Å². The molecule has 2 atom stereocenters. The smallest absolute Gasteiger partial charge is 0.127 e. The number of halogens is 2. The van der Waals surface area contributed by atoms with Gasteiger partial charge in [0.15, 0.2) is 0 Å². The van der Waals surface area contributed by atoms with E-state index >= 15 is 0 Å². The highest BCUT2D eigenvalue weighted by Crippen LogP contribution is 2.09. The second-order valence-electron chi connectivity index (χ2n) is 3.76. The molecule has 1 aromatic carbocycles. The molecule has 0 saturated carbocycles. The van der Waals surface area contributed by atoms with Crippen molar-refractivity contribution < 1.29 is 13.0 Å². The quantitative estimate of drug-likeness (QED) is 0.860. The third-order valence-corrected chi connectivity index (χ3v) is 3.10.